The number of amides is 1. The van der Waals surface area contributed by atoms with Crippen molar-refractivity contribution in [2.24, 2.45) is 11.3 Å². The highest BCUT2D eigenvalue weighted by Gasteiger charge is 2.30. The van der Waals surface area contributed by atoms with Crippen molar-refractivity contribution in [1.82, 2.24) is 4.90 Å². The number of piperidine rings is 1. The molecule has 3 heteroatoms. The Hall–Kier alpha value is -0.570. The Morgan fingerprint density at radius 1 is 1.29 bits per heavy atom. The smallest absolute Gasteiger partial charge is 0.227 e. The minimum absolute atomic E-state index is 0.244. The van der Waals surface area contributed by atoms with E-state index in [1.54, 1.807) is 0 Å². The Kier molecular flexibility index (Phi) is 5.44. The molecular formula is C14H27NO2. The van der Waals surface area contributed by atoms with E-state index < -0.39 is 0 Å². The average Bonchev–Trinajstić information content (AvgIpc) is 2.28. The molecule has 0 N–H and O–H groups in total. The topological polar surface area (TPSA) is 29.5 Å². The van der Waals surface area contributed by atoms with Gasteiger partial charge >= 0.3 is 0 Å². The highest BCUT2D eigenvalue weighted by molar-refractivity contribution is 5.81. The lowest BCUT2D eigenvalue weighted by Crippen LogP contribution is -2.44. The normalized spacial score (nSPS) is 18.5. The molecule has 0 aromatic carbocycles. The molecule has 1 amide bonds. The third-order valence-electron chi connectivity index (χ3n) is 3.25. The number of carbonyl (C=O) groups is 1. The van der Waals surface area contributed by atoms with Gasteiger partial charge in [0.05, 0.1) is 0 Å². The van der Waals surface area contributed by atoms with Crippen LogP contribution in [0.3, 0.4) is 0 Å². The van der Waals surface area contributed by atoms with Crippen molar-refractivity contribution in [3.8, 4) is 0 Å². The van der Waals surface area contributed by atoms with Gasteiger partial charge in [0, 0.05) is 31.7 Å². The maximum atomic E-state index is 12.1. The van der Waals surface area contributed by atoms with Crippen LogP contribution >= 0.6 is 0 Å². The van der Waals surface area contributed by atoms with Gasteiger partial charge in [-0.2, -0.15) is 0 Å². The van der Waals surface area contributed by atoms with Gasteiger partial charge in [-0.05, 0) is 25.2 Å². The minimum atomic E-state index is -0.244. The van der Waals surface area contributed by atoms with Gasteiger partial charge in [-0.15, -0.1) is 0 Å². The summed E-state index contributed by atoms with van der Waals surface area (Å²) >= 11 is 0. The quantitative estimate of drug-likeness (QED) is 0.708. The zero-order chi connectivity index (χ0) is 12.9. The summed E-state index contributed by atoms with van der Waals surface area (Å²) in [5, 5.41) is 0. The third kappa shape index (κ3) is 4.66. The molecule has 0 aromatic rings. The van der Waals surface area contributed by atoms with E-state index in [0.29, 0.717) is 5.92 Å². The first kappa shape index (κ1) is 14.5. The summed E-state index contributed by atoms with van der Waals surface area (Å²) in [4.78, 5) is 14.1. The Labute approximate surface area is 106 Å². The van der Waals surface area contributed by atoms with Crippen molar-refractivity contribution in [3.05, 3.63) is 0 Å². The van der Waals surface area contributed by atoms with Gasteiger partial charge in [0.1, 0.15) is 0 Å². The van der Waals surface area contributed by atoms with Crippen molar-refractivity contribution < 1.29 is 9.53 Å². The molecule has 0 atom stereocenters. The highest BCUT2D eigenvalue weighted by Crippen LogP contribution is 2.23. The van der Waals surface area contributed by atoms with E-state index in [2.05, 4.69) is 6.92 Å². The molecule has 0 bridgehead atoms. The van der Waals surface area contributed by atoms with Crippen LogP contribution < -0.4 is 0 Å². The van der Waals surface area contributed by atoms with E-state index in [4.69, 9.17) is 4.74 Å². The Morgan fingerprint density at radius 3 is 2.35 bits per heavy atom. The van der Waals surface area contributed by atoms with Gasteiger partial charge in [-0.1, -0.05) is 27.7 Å². The van der Waals surface area contributed by atoms with Crippen molar-refractivity contribution in [2.45, 2.75) is 47.0 Å². The average molecular weight is 241 g/mol. The fourth-order valence-corrected chi connectivity index (χ4v) is 2.17. The second-order valence-corrected chi connectivity index (χ2v) is 6.06. The lowest BCUT2D eigenvalue weighted by Gasteiger charge is -2.35. The number of rotatable bonds is 4. The molecule has 100 valence electrons. The van der Waals surface area contributed by atoms with Gasteiger partial charge in [-0.3, -0.25) is 4.79 Å². The fraction of sp³-hybridized carbons (Fsp3) is 0.929. The molecule has 0 spiro atoms. The summed E-state index contributed by atoms with van der Waals surface area (Å²) < 4.78 is 5.58. The molecule has 0 saturated carbocycles. The molecule has 1 aliphatic heterocycles. The van der Waals surface area contributed by atoms with Crippen molar-refractivity contribution in [2.75, 3.05) is 26.3 Å². The number of likely N-dealkylation sites (tertiary alicyclic amines) is 1. The molecule has 0 aromatic heterocycles. The van der Waals surface area contributed by atoms with Crippen LogP contribution in [0.25, 0.3) is 0 Å². The zero-order valence-electron chi connectivity index (χ0n) is 11.8. The summed E-state index contributed by atoms with van der Waals surface area (Å²) in [7, 11) is 0. The predicted molar refractivity (Wildman–Crippen MR) is 69.9 cm³/mol. The molecule has 1 rings (SSSR count). The van der Waals surface area contributed by atoms with Gasteiger partial charge in [0.25, 0.3) is 0 Å². The van der Waals surface area contributed by atoms with E-state index in [-0.39, 0.29) is 11.3 Å². The Morgan fingerprint density at radius 2 is 1.88 bits per heavy atom. The van der Waals surface area contributed by atoms with Crippen molar-refractivity contribution >= 4 is 5.91 Å². The summed E-state index contributed by atoms with van der Waals surface area (Å²) in [5.41, 5.74) is -0.244. The molecule has 0 unspecified atom stereocenters. The van der Waals surface area contributed by atoms with Gasteiger partial charge in [0.15, 0.2) is 0 Å². The van der Waals surface area contributed by atoms with Crippen LogP contribution in [0.4, 0.5) is 0 Å². The summed E-state index contributed by atoms with van der Waals surface area (Å²) in [6.07, 6.45) is 3.26. The Bertz CT molecular complexity index is 237. The third-order valence-corrected chi connectivity index (χ3v) is 3.25. The molecule has 1 heterocycles. The van der Waals surface area contributed by atoms with E-state index in [1.165, 1.54) is 0 Å². The molecule has 17 heavy (non-hydrogen) atoms. The standard InChI is InChI=1S/C14H27NO2/c1-5-10-17-11-12-6-8-15(9-7-12)13(16)14(2,3)4/h12H,5-11H2,1-4H3. The molecule has 1 fully saturated rings. The van der Waals surface area contributed by atoms with Crippen LogP contribution in [0.2, 0.25) is 0 Å². The number of nitrogens with zero attached hydrogens (tertiary/aromatic N) is 1. The van der Waals surface area contributed by atoms with E-state index >= 15 is 0 Å². The summed E-state index contributed by atoms with van der Waals surface area (Å²) in [6, 6.07) is 0. The molecule has 0 radical (unpaired) electrons. The first-order chi connectivity index (χ1) is 7.95. The summed E-state index contributed by atoms with van der Waals surface area (Å²) in [6.45, 7) is 11.6. The van der Waals surface area contributed by atoms with Crippen molar-refractivity contribution in [3.63, 3.8) is 0 Å². The molecule has 1 saturated heterocycles. The number of carbonyl (C=O) groups excluding carboxylic acids is 1. The minimum Gasteiger partial charge on any atom is -0.381 e. The van der Waals surface area contributed by atoms with Crippen LogP contribution in [0.1, 0.15) is 47.0 Å². The van der Waals surface area contributed by atoms with Gasteiger partial charge in [-0.25, -0.2) is 0 Å². The van der Waals surface area contributed by atoms with Crippen LogP contribution in [0.5, 0.6) is 0 Å². The molecule has 3 nitrogen and oxygen atoms in total. The van der Waals surface area contributed by atoms with Crippen LogP contribution in [0, 0.1) is 11.3 Å². The number of hydrogen-bond donors (Lipinski definition) is 0. The monoisotopic (exact) mass is 241 g/mol. The van der Waals surface area contributed by atoms with Crippen molar-refractivity contribution in [1.29, 1.82) is 0 Å². The van der Waals surface area contributed by atoms with E-state index in [9.17, 15) is 4.79 Å². The fourth-order valence-electron chi connectivity index (χ4n) is 2.17. The lowest BCUT2D eigenvalue weighted by atomic mass is 9.91. The van der Waals surface area contributed by atoms with Gasteiger partial charge < -0.3 is 9.64 Å². The summed E-state index contributed by atoms with van der Waals surface area (Å²) in [5.74, 6) is 0.927. The second kappa shape index (κ2) is 6.39. The van der Waals surface area contributed by atoms with E-state index in [0.717, 1.165) is 45.6 Å². The lowest BCUT2D eigenvalue weighted by molar-refractivity contribution is -0.141. The van der Waals surface area contributed by atoms with Gasteiger partial charge in [0.2, 0.25) is 5.91 Å². The van der Waals surface area contributed by atoms with E-state index in [1.807, 2.05) is 25.7 Å². The molecule has 0 aliphatic carbocycles. The first-order valence-electron chi connectivity index (χ1n) is 6.82. The second-order valence-electron chi connectivity index (χ2n) is 6.06. The van der Waals surface area contributed by atoms with Crippen LogP contribution in [-0.4, -0.2) is 37.1 Å². The predicted octanol–water partition coefficient (Wildman–Crippen LogP) is 2.70. The highest BCUT2D eigenvalue weighted by atomic mass is 16.5. The maximum absolute atomic E-state index is 12.1. The SMILES string of the molecule is CCCOCC1CCN(C(=O)C(C)(C)C)CC1. The molecular weight excluding hydrogens is 214 g/mol. The van der Waals surface area contributed by atoms with Crippen LogP contribution in [-0.2, 0) is 9.53 Å². The zero-order valence-corrected chi connectivity index (χ0v) is 11.8. The first-order valence-corrected chi connectivity index (χ1v) is 6.82. The largest absolute Gasteiger partial charge is 0.381 e. The number of ether oxygens (including phenoxy) is 1. The maximum Gasteiger partial charge on any atom is 0.227 e. The molecule has 1 aliphatic rings. The van der Waals surface area contributed by atoms with Crippen LogP contribution in [0.15, 0.2) is 0 Å². The number of hydrogen-bond acceptors (Lipinski definition) is 2. The Balaban J connectivity index is 2.28.